The Balaban J connectivity index is 3.73. The first-order chi connectivity index (χ1) is 3.81. The van der Waals surface area contributed by atoms with Gasteiger partial charge in [-0.15, -0.1) is 0 Å². The standard InChI is InChI=1S/C3H7Cl2O3P/c1-2-3-8-9(4,5,6)7/h2,6-7H,1,3H2. The molecule has 0 amide bonds. The van der Waals surface area contributed by atoms with Crippen LogP contribution in [0.5, 0.6) is 0 Å². The predicted molar refractivity (Wildman–Crippen MR) is 39.2 cm³/mol. The van der Waals surface area contributed by atoms with E-state index in [1.54, 1.807) is 0 Å². The molecular formula is C3H7Cl2O3P. The van der Waals surface area contributed by atoms with E-state index in [9.17, 15) is 0 Å². The van der Waals surface area contributed by atoms with Gasteiger partial charge in [0.1, 0.15) is 0 Å². The summed E-state index contributed by atoms with van der Waals surface area (Å²) in [5, 5.41) is 0. The van der Waals surface area contributed by atoms with Crippen molar-refractivity contribution >= 4 is 28.5 Å². The molecule has 2 N–H and O–H groups in total. The van der Waals surface area contributed by atoms with Crippen LogP contribution in [0.2, 0.25) is 0 Å². The molecule has 0 saturated carbocycles. The topological polar surface area (TPSA) is 49.7 Å². The van der Waals surface area contributed by atoms with Gasteiger partial charge in [-0.1, -0.05) is 0 Å². The second kappa shape index (κ2) is 2.70. The maximum atomic E-state index is 8.56. The molecule has 0 unspecified atom stereocenters. The fourth-order valence-corrected chi connectivity index (χ4v) is 0.865. The minimum atomic E-state index is -4.75. The van der Waals surface area contributed by atoms with Gasteiger partial charge in [-0.3, -0.25) is 0 Å². The van der Waals surface area contributed by atoms with Crippen molar-refractivity contribution in [3.05, 3.63) is 12.7 Å². The summed E-state index contributed by atoms with van der Waals surface area (Å²) < 4.78 is 4.22. The molecule has 3 nitrogen and oxygen atoms in total. The zero-order chi connectivity index (χ0) is 7.57. The van der Waals surface area contributed by atoms with Crippen LogP contribution in [-0.4, -0.2) is 16.4 Å². The average Bonchev–Trinajstić information content (AvgIpc) is 1.57. The number of hydrogen-bond donors (Lipinski definition) is 2. The summed E-state index contributed by atoms with van der Waals surface area (Å²) in [5.41, 5.74) is 0. The first kappa shape index (κ1) is 9.63. The van der Waals surface area contributed by atoms with E-state index in [-0.39, 0.29) is 6.61 Å². The predicted octanol–water partition coefficient (Wildman–Crippen LogP) is 1.78. The molecule has 0 spiro atoms. The minimum absolute atomic E-state index is 0.0855. The Morgan fingerprint density at radius 1 is 1.56 bits per heavy atom. The Hall–Kier alpha value is 0.630. The molecule has 0 aromatic heterocycles. The quantitative estimate of drug-likeness (QED) is 0.530. The first-order valence-corrected chi connectivity index (χ1v) is 5.90. The van der Waals surface area contributed by atoms with E-state index in [1.807, 2.05) is 0 Å². The molecule has 0 atom stereocenters. The van der Waals surface area contributed by atoms with Crippen molar-refractivity contribution in [2.75, 3.05) is 6.61 Å². The Morgan fingerprint density at radius 3 is 2.11 bits per heavy atom. The van der Waals surface area contributed by atoms with Gasteiger partial charge in [-0.2, -0.15) is 0 Å². The summed E-state index contributed by atoms with van der Waals surface area (Å²) in [6.45, 7) is 3.17. The van der Waals surface area contributed by atoms with Gasteiger partial charge in [0.2, 0.25) is 0 Å². The molecule has 0 rings (SSSR count). The fourth-order valence-electron chi connectivity index (χ4n) is 0.176. The fraction of sp³-hybridized carbons (Fsp3) is 0.333. The Morgan fingerprint density at radius 2 is 2.00 bits per heavy atom. The van der Waals surface area contributed by atoms with Crippen LogP contribution >= 0.6 is 28.5 Å². The molecular weight excluding hydrogens is 186 g/mol. The molecule has 0 saturated heterocycles. The van der Waals surface area contributed by atoms with Crippen LogP contribution in [0.3, 0.4) is 0 Å². The van der Waals surface area contributed by atoms with E-state index < -0.39 is 5.99 Å². The van der Waals surface area contributed by atoms with E-state index in [0.29, 0.717) is 0 Å². The summed E-state index contributed by atoms with van der Waals surface area (Å²) in [4.78, 5) is 17.1. The van der Waals surface area contributed by atoms with Gasteiger partial charge in [-0.05, 0) is 0 Å². The Kier molecular flexibility index (Phi) is 2.89. The Bertz CT molecular complexity index is 109. The summed E-state index contributed by atoms with van der Waals surface area (Å²) >= 11 is 9.81. The van der Waals surface area contributed by atoms with Gasteiger partial charge < -0.3 is 0 Å². The molecule has 56 valence electrons. The van der Waals surface area contributed by atoms with Crippen LogP contribution in [0, 0.1) is 0 Å². The van der Waals surface area contributed by atoms with Gasteiger partial charge in [0, 0.05) is 0 Å². The van der Waals surface area contributed by atoms with Crippen LogP contribution in [0.1, 0.15) is 0 Å². The van der Waals surface area contributed by atoms with E-state index >= 15 is 0 Å². The van der Waals surface area contributed by atoms with Crippen molar-refractivity contribution in [1.82, 2.24) is 0 Å². The molecule has 0 aromatic carbocycles. The first-order valence-electron chi connectivity index (χ1n) is 2.03. The van der Waals surface area contributed by atoms with Crippen molar-refractivity contribution in [3.8, 4) is 0 Å². The zero-order valence-electron chi connectivity index (χ0n) is 4.50. The molecule has 0 aromatic rings. The number of halogens is 2. The van der Waals surface area contributed by atoms with Crippen molar-refractivity contribution in [3.63, 3.8) is 0 Å². The van der Waals surface area contributed by atoms with Crippen LogP contribution in [-0.2, 0) is 4.52 Å². The molecule has 0 aliphatic carbocycles. The second-order valence-corrected chi connectivity index (χ2v) is 7.29. The third kappa shape index (κ3) is 8.63. The van der Waals surface area contributed by atoms with E-state index in [0.717, 1.165) is 0 Å². The maximum absolute atomic E-state index is 8.56. The number of hydrogen-bond acceptors (Lipinski definition) is 3. The molecule has 0 radical (unpaired) electrons. The van der Waals surface area contributed by atoms with Gasteiger partial charge in [0.05, 0.1) is 0 Å². The van der Waals surface area contributed by atoms with Crippen LogP contribution in [0.25, 0.3) is 0 Å². The van der Waals surface area contributed by atoms with Crippen LogP contribution in [0.4, 0.5) is 0 Å². The van der Waals surface area contributed by atoms with Gasteiger partial charge in [-0.25, -0.2) is 0 Å². The normalized spacial score (nSPS) is 16.2. The summed E-state index contributed by atoms with van der Waals surface area (Å²) in [5.74, 6) is -4.75. The van der Waals surface area contributed by atoms with Gasteiger partial charge in [0.15, 0.2) is 0 Å². The van der Waals surface area contributed by atoms with Crippen LogP contribution in [0.15, 0.2) is 12.7 Å². The molecule has 9 heavy (non-hydrogen) atoms. The zero-order valence-corrected chi connectivity index (χ0v) is 6.90. The van der Waals surface area contributed by atoms with Crippen molar-refractivity contribution < 1.29 is 14.3 Å². The molecule has 0 heterocycles. The Labute approximate surface area is 62.6 Å². The third-order valence-corrected chi connectivity index (χ3v) is 1.57. The summed E-state index contributed by atoms with van der Waals surface area (Å²) in [7, 11) is 0. The van der Waals surface area contributed by atoms with E-state index in [2.05, 4.69) is 11.1 Å². The van der Waals surface area contributed by atoms with Gasteiger partial charge in [0.25, 0.3) is 0 Å². The van der Waals surface area contributed by atoms with Crippen molar-refractivity contribution in [2.24, 2.45) is 0 Å². The molecule has 0 bridgehead atoms. The number of rotatable bonds is 3. The summed E-state index contributed by atoms with van der Waals surface area (Å²) in [6, 6.07) is 0. The van der Waals surface area contributed by atoms with E-state index in [1.165, 1.54) is 6.08 Å². The second-order valence-electron chi connectivity index (χ2n) is 1.34. The molecule has 0 fully saturated rings. The molecule has 0 aliphatic rings. The van der Waals surface area contributed by atoms with Crippen LogP contribution < -0.4 is 0 Å². The SMILES string of the molecule is C=CCOP(O)(O)(Cl)Cl. The van der Waals surface area contributed by atoms with Gasteiger partial charge >= 0.3 is 62.0 Å². The summed E-state index contributed by atoms with van der Waals surface area (Å²) in [6.07, 6.45) is 1.30. The average molecular weight is 193 g/mol. The molecule has 6 heteroatoms. The van der Waals surface area contributed by atoms with Crippen molar-refractivity contribution in [2.45, 2.75) is 0 Å². The van der Waals surface area contributed by atoms with Crippen molar-refractivity contribution in [1.29, 1.82) is 0 Å². The monoisotopic (exact) mass is 192 g/mol. The van der Waals surface area contributed by atoms with E-state index in [4.69, 9.17) is 32.3 Å². The molecule has 0 aliphatic heterocycles. The third-order valence-electron chi connectivity index (χ3n) is 0.405.